The van der Waals surface area contributed by atoms with Crippen molar-refractivity contribution in [1.82, 2.24) is 15.1 Å². The summed E-state index contributed by atoms with van der Waals surface area (Å²) in [7, 11) is 1.74. The number of rotatable bonds is 2. The molecule has 0 spiro atoms. The van der Waals surface area contributed by atoms with Crippen molar-refractivity contribution in [2.45, 2.75) is 18.9 Å². The molecule has 2 rings (SSSR count). The Morgan fingerprint density at radius 1 is 1.53 bits per heavy atom. The number of carbonyl (C=O) groups is 1. The molecule has 1 fully saturated rings. The Morgan fingerprint density at radius 3 is 2.94 bits per heavy atom. The number of nitrogens with one attached hydrogen (secondary N) is 1. The quantitative estimate of drug-likeness (QED) is 0.762. The highest BCUT2D eigenvalue weighted by molar-refractivity contribution is 5.92. The number of aliphatic hydroxyl groups is 1. The Morgan fingerprint density at radius 2 is 2.35 bits per heavy atom. The smallest absolute Gasteiger partial charge is 0.274 e. The molecule has 0 bridgehead atoms. The number of β-amino-alcohol motifs (C(OH)–C–C–N with tert-alkyl or cyclic N) is 1. The van der Waals surface area contributed by atoms with Crippen molar-refractivity contribution in [3.05, 3.63) is 17.8 Å². The van der Waals surface area contributed by atoms with Crippen molar-refractivity contribution in [2.75, 3.05) is 25.5 Å². The van der Waals surface area contributed by atoms with Crippen LogP contribution in [0.2, 0.25) is 0 Å². The fourth-order valence-electron chi connectivity index (χ4n) is 1.88. The number of carbonyl (C=O) groups excluding carboxylic acids is 1. The van der Waals surface area contributed by atoms with Crippen LogP contribution in [0.1, 0.15) is 23.3 Å². The zero-order valence-corrected chi connectivity index (χ0v) is 9.76. The second-order valence-electron chi connectivity index (χ2n) is 4.10. The van der Waals surface area contributed by atoms with Gasteiger partial charge in [-0.1, -0.05) is 0 Å². The van der Waals surface area contributed by atoms with Gasteiger partial charge in [-0.2, -0.15) is 0 Å². The van der Waals surface area contributed by atoms with Gasteiger partial charge in [0.15, 0.2) is 5.69 Å². The molecule has 1 aromatic rings. The van der Waals surface area contributed by atoms with Gasteiger partial charge in [-0.25, -0.2) is 0 Å². The van der Waals surface area contributed by atoms with Crippen molar-refractivity contribution in [3.8, 4) is 0 Å². The zero-order valence-electron chi connectivity index (χ0n) is 9.76. The number of aromatic nitrogens is 2. The average Bonchev–Trinajstić information content (AvgIpc) is 2.38. The SMILES string of the molecule is CNc1ccc(C(=O)N2CCCC(O)C2)nn1. The number of hydrogen-bond donors (Lipinski definition) is 2. The Bertz CT molecular complexity index is 393. The van der Waals surface area contributed by atoms with E-state index in [0.29, 0.717) is 24.6 Å². The highest BCUT2D eigenvalue weighted by atomic mass is 16.3. The van der Waals surface area contributed by atoms with Crippen LogP contribution >= 0.6 is 0 Å². The minimum Gasteiger partial charge on any atom is -0.391 e. The first kappa shape index (κ1) is 11.8. The Labute approximate surface area is 99.7 Å². The summed E-state index contributed by atoms with van der Waals surface area (Å²) < 4.78 is 0. The zero-order chi connectivity index (χ0) is 12.3. The molecular formula is C11H16N4O2. The lowest BCUT2D eigenvalue weighted by atomic mass is 10.1. The van der Waals surface area contributed by atoms with Crippen molar-refractivity contribution in [1.29, 1.82) is 0 Å². The third-order valence-corrected chi connectivity index (χ3v) is 2.82. The van der Waals surface area contributed by atoms with E-state index < -0.39 is 6.10 Å². The number of likely N-dealkylation sites (tertiary alicyclic amines) is 1. The number of anilines is 1. The molecule has 1 aliphatic rings. The Hall–Kier alpha value is -1.69. The molecule has 0 radical (unpaired) electrons. The van der Waals surface area contributed by atoms with Gasteiger partial charge in [-0.3, -0.25) is 4.79 Å². The molecular weight excluding hydrogens is 220 g/mol. The third kappa shape index (κ3) is 2.71. The van der Waals surface area contributed by atoms with Crippen molar-refractivity contribution in [3.63, 3.8) is 0 Å². The van der Waals surface area contributed by atoms with E-state index >= 15 is 0 Å². The van der Waals surface area contributed by atoms with E-state index in [-0.39, 0.29) is 5.91 Å². The number of piperidine rings is 1. The maximum Gasteiger partial charge on any atom is 0.274 e. The summed E-state index contributed by atoms with van der Waals surface area (Å²) in [6, 6.07) is 3.35. The van der Waals surface area contributed by atoms with Crippen molar-refractivity contribution in [2.24, 2.45) is 0 Å². The highest BCUT2D eigenvalue weighted by Gasteiger charge is 2.23. The molecule has 6 heteroatoms. The van der Waals surface area contributed by atoms with Crippen LogP contribution in [0.4, 0.5) is 5.82 Å². The van der Waals surface area contributed by atoms with E-state index in [2.05, 4.69) is 15.5 Å². The van der Waals surface area contributed by atoms with Crippen molar-refractivity contribution < 1.29 is 9.90 Å². The average molecular weight is 236 g/mol. The molecule has 1 aliphatic heterocycles. The first-order valence-corrected chi connectivity index (χ1v) is 5.69. The molecule has 1 aromatic heterocycles. The van der Waals surface area contributed by atoms with E-state index in [1.54, 1.807) is 24.1 Å². The van der Waals surface area contributed by atoms with Crippen LogP contribution in [-0.4, -0.2) is 52.4 Å². The van der Waals surface area contributed by atoms with E-state index in [9.17, 15) is 9.90 Å². The predicted molar refractivity (Wildman–Crippen MR) is 62.7 cm³/mol. The molecule has 1 amide bonds. The van der Waals surface area contributed by atoms with Crippen LogP contribution in [-0.2, 0) is 0 Å². The maximum absolute atomic E-state index is 12.0. The summed E-state index contributed by atoms with van der Waals surface area (Å²) in [6.45, 7) is 1.06. The summed E-state index contributed by atoms with van der Waals surface area (Å²) in [6.07, 6.45) is 1.17. The summed E-state index contributed by atoms with van der Waals surface area (Å²) in [4.78, 5) is 13.7. The minimum atomic E-state index is -0.419. The van der Waals surface area contributed by atoms with E-state index in [4.69, 9.17) is 0 Å². The van der Waals surface area contributed by atoms with Crippen LogP contribution in [0.15, 0.2) is 12.1 Å². The number of hydrogen-bond acceptors (Lipinski definition) is 5. The van der Waals surface area contributed by atoms with Gasteiger partial charge >= 0.3 is 0 Å². The topological polar surface area (TPSA) is 78.4 Å². The van der Waals surface area contributed by atoms with Gasteiger partial charge in [0.05, 0.1) is 6.10 Å². The van der Waals surface area contributed by atoms with Gasteiger partial charge in [0, 0.05) is 20.1 Å². The normalized spacial score (nSPS) is 20.1. The molecule has 0 saturated carbocycles. The molecule has 6 nitrogen and oxygen atoms in total. The maximum atomic E-state index is 12.0. The second-order valence-corrected chi connectivity index (χ2v) is 4.10. The molecule has 17 heavy (non-hydrogen) atoms. The molecule has 92 valence electrons. The molecule has 2 heterocycles. The van der Waals surface area contributed by atoms with Gasteiger partial charge < -0.3 is 15.3 Å². The first-order chi connectivity index (χ1) is 8.20. The Balaban J connectivity index is 2.07. The van der Waals surface area contributed by atoms with Gasteiger partial charge in [0.1, 0.15) is 5.82 Å². The first-order valence-electron chi connectivity index (χ1n) is 5.69. The Kier molecular flexibility index (Phi) is 3.53. The van der Waals surface area contributed by atoms with Crippen LogP contribution in [0.3, 0.4) is 0 Å². The van der Waals surface area contributed by atoms with Crippen LogP contribution in [0.5, 0.6) is 0 Å². The lowest BCUT2D eigenvalue weighted by Crippen LogP contribution is -2.42. The molecule has 1 unspecified atom stereocenters. The highest BCUT2D eigenvalue weighted by Crippen LogP contribution is 2.12. The second kappa shape index (κ2) is 5.09. The molecule has 1 saturated heterocycles. The molecule has 0 aliphatic carbocycles. The fraction of sp³-hybridized carbons (Fsp3) is 0.545. The summed E-state index contributed by atoms with van der Waals surface area (Å²) >= 11 is 0. The van der Waals surface area contributed by atoms with E-state index in [1.807, 2.05) is 0 Å². The predicted octanol–water partition coefficient (Wildman–Crippen LogP) is 0.115. The summed E-state index contributed by atoms with van der Waals surface area (Å²) in [5.41, 5.74) is 0.318. The lowest BCUT2D eigenvalue weighted by Gasteiger charge is -2.29. The van der Waals surface area contributed by atoms with Crippen LogP contribution < -0.4 is 5.32 Å². The lowest BCUT2D eigenvalue weighted by molar-refractivity contribution is 0.0468. The van der Waals surface area contributed by atoms with Crippen molar-refractivity contribution >= 4 is 11.7 Å². The fourth-order valence-corrected chi connectivity index (χ4v) is 1.88. The molecule has 0 aromatic carbocycles. The summed E-state index contributed by atoms with van der Waals surface area (Å²) in [5.74, 6) is 0.458. The largest absolute Gasteiger partial charge is 0.391 e. The van der Waals surface area contributed by atoms with Crippen LogP contribution in [0, 0.1) is 0 Å². The minimum absolute atomic E-state index is 0.168. The molecule has 1 atom stereocenters. The number of nitrogens with zero attached hydrogens (tertiary/aromatic N) is 3. The van der Waals surface area contributed by atoms with Crippen LogP contribution in [0.25, 0.3) is 0 Å². The number of amides is 1. The number of aliphatic hydroxyl groups excluding tert-OH is 1. The van der Waals surface area contributed by atoms with Gasteiger partial charge in [-0.15, -0.1) is 10.2 Å². The monoisotopic (exact) mass is 236 g/mol. The molecule has 2 N–H and O–H groups in total. The third-order valence-electron chi connectivity index (χ3n) is 2.82. The van der Waals surface area contributed by atoms with Gasteiger partial charge in [0.2, 0.25) is 0 Å². The van der Waals surface area contributed by atoms with Gasteiger partial charge in [0.25, 0.3) is 5.91 Å². The summed E-state index contributed by atoms with van der Waals surface area (Å²) in [5, 5.41) is 20.1. The van der Waals surface area contributed by atoms with E-state index in [0.717, 1.165) is 12.8 Å². The van der Waals surface area contributed by atoms with E-state index in [1.165, 1.54) is 0 Å². The standard InChI is InChI=1S/C11H16N4O2/c1-12-10-5-4-9(13-14-10)11(17)15-6-2-3-8(16)7-15/h4-5,8,16H,2-3,6-7H2,1H3,(H,12,14). The van der Waals surface area contributed by atoms with Gasteiger partial charge in [-0.05, 0) is 25.0 Å².